The molecular formula is C15H24N2O3. The van der Waals surface area contributed by atoms with Gasteiger partial charge in [0, 0.05) is 19.1 Å². The highest BCUT2D eigenvalue weighted by molar-refractivity contribution is 5.77. The zero-order chi connectivity index (χ0) is 14.1. The van der Waals surface area contributed by atoms with Gasteiger partial charge >= 0.3 is 12.0 Å². The molecule has 0 bridgehead atoms. The summed E-state index contributed by atoms with van der Waals surface area (Å²) in [5, 5.41) is 12.2. The third-order valence-electron chi connectivity index (χ3n) is 5.41. The highest BCUT2D eigenvalue weighted by Crippen LogP contribution is 2.37. The fourth-order valence-corrected chi connectivity index (χ4v) is 4.25. The van der Waals surface area contributed by atoms with Gasteiger partial charge in [0.1, 0.15) is 0 Å². The van der Waals surface area contributed by atoms with Crippen LogP contribution in [0.25, 0.3) is 0 Å². The Bertz CT molecular complexity index is 387. The van der Waals surface area contributed by atoms with Crippen molar-refractivity contribution in [1.82, 2.24) is 10.2 Å². The molecule has 1 aliphatic heterocycles. The van der Waals surface area contributed by atoms with Crippen molar-refractivity contribution in [2.75, 3.05) is 13.1 Å². The van der Waals surface area contributed by atoms with Crippen LogP contribution in [0.4, 0.5) is 4.79 Å². The van der Waals surface area contributed by atoms with Gasteiger partial charge in [-0.2, -0.15) is 0 Å². The molecule has 3 aliphatic rings. The minimum atomic E-state index is -0.770. The lowest BCUT2D eigenvalue weighted by Crippen LogP contribution is -2.49. The summed E-state index contributed by atoms with van der Waals surface area (Å²) in [5.74, 6) is 0.188. The lowest BCUT2D eigenvalue weighted by atomic mass is 9.84. The number of carbonyl (C=O) groups excluding carboxylic acids is 1. The van der Waals surface area contributed by atoms with Gasteiger partial charge in [-0.15, -0.1) is 0 Å². The van der Waals surface area contributed by atoms with Gasteiger partial charge in [0.15, 0.2) is 0 Å². The van der Waals surface area contributed by atoms with Crippen LogP contribution in [0.3, 0.4) is 0 Å². The number of hydrogen-bond acceptors (Lipinski definition) is 2. The van der Waals surface area contributed by atoms with Crippen molar-refractivity contribution in [1.29, 1.82) is 0 Å². The molecule has 1 saturated heterocycles. The molecule has 0 radical (unpaired) electrons. The molecule has 2 aliphatic carbocycles. The summed E-state index contributed by atoms with van der Waals surface area (Å²) in [7, 11) is 0. The topological polar surface area (TPSA) is 69.6 Å². The average Bonchev–Trinajstić information content (AvgIpc) is 2.99. The van der Waals surface area contributed by atoms with E-state index in [0.29, 0.717) is 18.3 Å². The minimum Gasteiger partial charge on any atom is -0.481 e. The molecule has 0 aromatic heterocycles. The first-order chi connectivity index (χ1) is 9.65. The lowest BCUT2D eigenvalue weighted by molar-refractivity contribution is -0.143. The smallest absolute Gasteiger partial charge is 0.317 e. The van der Waals surface area contributed by atoms with Crippen LogP contribution in [0.15, 0.2) is 0 Å². The van der Waals surface area contributed by atoms with Gasteiger partial charge in [0.2, 0.25) is 0 Å². The molecule has 0 aromatic rings. The van der Waals surface area contributed by atoms with Crippen molar-refractivity contribution in [3.63, 3.8) is 0 Å². The Kier molecular flexibility index (Phi) is 3.85. The van der Waals surface area contributed by atoms with Crippen LogP contribution in [0, 0.1) is 17.8 Å². The van der Waals surface area contributed by atoms with E-state index in [9.17, 15) is 14.7 Å². The molecule has 4 unspecified atom stereocenters. The highest BCUT2D eigenvalue weighted by Gasteiger charge is 2.39. The molecule has 3 rings (SSSR count). The summed E-state index contributed by atoms with van der Waals surface area (Å²) in [6.45, 7) is 1.72. The Hall–Kier alpha value is -1.26. The summed E-state index contributed by atoms with van der Waals surface area (Å²) in [4.78, 5) is 25.5. The van der Waals surface area contributed by atoms with Crippen molar-refractivity contribution in [2.24, 2.45) is 17.8 Å². The summed E-state index contributed by atoms with van der Waals surface area (Å²) >= 11 is 0. The van der Waals surface area contributed by atoms with E-state index in [4.69, 9.17) is 0 Å². The second kappa shape index (κ2) is 5.62. The summed E-state index contributed by atoms with van der Waals surface area (Å²) in [6.07, 6.45) is 7.24. The Balaban J connectivity index is 1.56. The lowest BCUT2D eigenvalue weighted by Gasteiger charge is -2.31. The molecule has 112 valence electrons. The maximum atomic E-state index is 12.3. The SMILES string of the molecule is O=C(O)C1CCCCC1NC(=O)N1CC2CCCC2C1. The number of urea groups is 1. The normalized spacial score (nSPS) is 36.7. The summed E-state index contributed by atoms with van der Waals surface area (Å²) in [6, 6.07) is -0.230. The molecule has 20 heavy (non-hydrogen) atoms. The first-order valence-electron chi connectivity index (χ1n) is 7.93. The molecule has 1 heterocycles. The van der Waals surface area contributed by atoms with Gasteiger partial charge in [0.25, 0.3) is 0 Å². The van der Waals surface area contributed by atoms with Crippen LogP contribution >= 0.6 is 0 Å². The Morgan fingerprint density at radius 3 is 2.25 bits per heavy atom. The molecule has 5 heteroatoms. The zero-order valence-electron chi connectivity index (χ0n) is 11.9. The second-order valence-electron chi connectivity index (χ2n) is 6.64. The molecule has 0 aromatic carbocycles. The van der Waals surface area contributed by atoms with E-state index in [-0.39, 0.29) is 12.1 Å². The number of amides is 2. The summed E-state index contributed by atoms with van der Waals surface area (Å²) in [5.41, 5.74) is 0. The average molecular weight is 280 g/mol. The molecule has 0 spiro atoms. The fourth-order valence-electron chi connectivity index (χ4n) is 4.25. The maximum Gasteiger partial charge on any atom is 0.317 e. The Morgan fingerprint density at radius 2 is 1.60 bits per heavy atom. The standard InChI is InChI=1S/C15H24N2O3/c18-14(19)12-6-1-2-7-13(12)16-15(20)17-8-10-4-3-5-11(10)9-17/h10-13H,1-9H2,(H,16,20)(H,18,19). The van der Waals surface area contributed by atoms with Gasteiger partial charge in [0.05, 0.1) is 5.92 Å². The number of likely N-dealkylation sites (tertiary alicyclic amines) is 1. The number of carboxylic acid groups (broad SMARTS) is 1. The van der Waals surface area contributed by atoms with Crippen LogP contribution in [-0.2, 0) is 4.79 Å². The van der Waals surface area contributed by atoms with Gasteiger partial charge in [-0.3, -0.25) is 4.79 Å². The highest BCUT2D eigenvalue weighted by atomic mass is 16.4. The number of rotatable bonds is 2. The predicted octanol–water partition coefficient (Wildman–Crippen LogP) is 2.07. The maximum absolute atomic E-state index is 12.3. The first kappa shape index (κ1) is 13.7. The number of carboxylic acids is 1. The number of nitrogens with one attached hydrogen (secondary N) is 1. The number of aliphatic carboxylic acids is 1. The monoisotopic (exact) mass is 280 g/mol. The second-order valence-corrected chi connectivity index (χ2v) is 6.64. The Morgan fingerprint density at radius 1 is 0.950 bits per heavy atom. The zero-order valence-corrected chi connectivity index (χ0v) is 11.9. The number of hydrogen-bond donors (Lipinski definition) is 2. The van der Waals surface area contributed by atoms with Gasteiger partial charge in [-0.05, 0) is 37.5 Å². The van der Waals surface area contributed by atoms with E-state index in [1.807, 2.05) is 4.90 Å². The first-order valence-corrected chi connectivity index (χ1v) is 7.93. The van der Waals surface area contributed by atoms with Crippen LogP contribution in [-0.4, -0.2) is 41.1 Å². The fraction of sp³-hybridized carbons (Fsp3) is 0.867. The molecule has 2 saturated carbocycles. The van der Waals surface area contributed by atoms with E-state index in [0.717, 1.165) is 32.4 Å². The molecule has 4 atom stereocenters. The van der Waals surface area contributed by atoms with Gasteiger partial charge in [-0.25, -0.2) is 4.79 Å². The van der Waals surface area contributed by atoms with Crippen LogP contribution in [0.5, 0.6) is 0 Å². The molecular weight excluding hydrogens is 256 g/mol. The minimum absolute atomic E-state index is 0.0439. The number of fused-ring (bicyclic) bond motifs is 1. The van der Waals surface area contributed by atoms with Gasteiger partial charge < -0.3 is 15.3 Å². The number of carbonyl (C=O) groups is 2. The van der Waals surface area contributed by atoms with E-state index in [2.05, 4.69) is 5.32 Å². The molecule has 3 fully saturated rings. The number of nitrogens with zero attached hydrogens (tertiary/aromatic N) is 1. The van der Waals surface area contributed by atoms with Crippen molar-refractivity contribution in [3.8, 4) is 0 Å². The van der Waals surface area contributed by atoms with E-state index in [1.54, 1.807) is 0 Å². The van der Waals surface area contributed by atoms with Crippen LogP contribution < -0.4 is 5.32 Å². The quantitative estimate of drug-likeness (QED) is 0.813. The largest absolute Gasteiger partial charge is 0.481 e. The van der Waals surface area contributed by atoms with Crippen molar-refractivity contribution in [2.45, 2.75) is 51.0 Å². The van der Waals surface area contributed by atoms with E-state index < -0.39 is 11.9 Å². The van der Waals surface area contributed by atoms with E-state index >= 15 is 0 Å². The van der Waals surface area contributed by atoms with Crippen molar-refractivity contribution < 1.29 is 14.7 Å². The third-order valence-corrected chi connectivity index (χ3v) is 5.41. The summed E-state index contributed by atoms with van der Waals surface area (Å²) < 4.78 is 0. The third kappa shape index (κ3) is 2.63. The van der Waals surface area contributed by atoms with Crippen molar-refractivity contribution >= 4 is 12.0 Å². The molecule has 5 nitrogen and oxygen atoms in total. The van der Waals surface area contributed by atoms with Crippen LogP contribution in [0.2, 0.25) is 0 Å². The van der Waals surface area contributed by atoms with Gasteiger partial charge in [-0.1, -0.05) is 19.3 Å². The van der Waals surface area contributed by atoms with E-state index in [1.165, 1.54) is 19.3 Å². The van der Waals surface area contributed by atoms with Crippen molar-refractivity contribution in [3.05, 3.63) is 0 Å². The predicted molar refractivity (Wildman–Crippen MR) is 74.3 cm³/mol. The Labute approximate surface area is 119 Å². The van der Waals surface area contributed by atoms with Crippen LogP contribution in [0.1, 0.15) is 44.9 Å². The molecule has 2 amide bonds. The molecule has 2 N–H and O–H groups in total.